The zero-order chi connectivity index (χ0) is 16.5. The highest BCUT2D eigenvalue weighted by atomic mass is 16.5. The molecule has 22 heavy (non-hydrogen) atoms. The zero-order valence-electron chi connectivity index (χ0n) is 13.2. The van der Waals surface area contributed by atoms with E-state index in [1.807, 2.05) is 32.9 Å². The Hall–Kier alpha value is -2.49. The van der Waals surface area contributed by atoms with Gasteiger partial charge in [-0.05, 0) is 54.8 Å². The molecule has 0 bridgehead atoms. The molecule has 2 aromatic rings. The summed E-state index contributed by atoms with van der Waals surface area (Å²) >= 11 is 0. The largest absolute Gasteiger partial charge is 0.508 e. The van der Waals surface area contributed by atoms with Crippen molar-refractivity contribution in [2.75, 3.05) is 12.3 Å². The number of hydrogen-bond donors (Lipinski definition) is 2. The van der Waals surface area contributed by atoms with Crippen molar-refractivity contribution in [1.29, 1.82) is 0 Å². The number of esters is 1. The summed E-state index contributed by atoms with van der Waals surface area (Å²) in [7, 11) is 0. The first-order chi connectivity index (χ1) is 10.4. The van der Waals surface area contributed by atoms with Crippen LogP contribution in [0, 0.1) is 12.8 Å². The lowest BCUT2D eigenvalue weighted by Gasteiger charge is -2.06. The number of rotatable bonds is 3. The Kier molecular flexibility index (Phi) is 6.96. The van der Waals surface area contributed by atoms with Crippen molar-refractivity contribution in [3.05, 3.63) is 59.7 Å². The fraction of sp³-hybridized carbons (Fsp3) is 0.278. The highest BCUT2D eigenvalue weighted by Crippen LogP contribution is 2.08. The summed E-state index contributed by atoms with van der Waals surface area (Å²) in [5.74, 6) is 0.399. The van der Waals surface area contributed by atoms with Crippen molar-refractivity contribution in [1.82, 2.24) is 0 Å². The third-order valence-electron chi connectivity index (χ3n) is 2.70. The van der Waals surface area contributed by atoms with Gasteiger partial charge in [-0.3, -0.25) is 0 Å². The molecule has 0 amide bonds. The maximum Gasteiger partial charge on any atom is 0.338 e. The third kappa shape index (κ3) is 6.79. The molecule has 0 aliphatic carbocycles. The van der Waals surface area contributed by atoms with Gasteiger partial charge in [-0.15, -0.1) is 0 Å². The number of aryl methyl sites for hydroxylation is 1. The predicted octanol–water partition coefficient (Wildman–Crippen LogP) is 3.78. The molecular formula is C18H23NO3. The van der Waals surface area contributed by atoms with Gasteiger partial charge in [-0.25, -0.2) is 4.79 Å². The average molecular weight is 301 g/mol. The Morgan fingerprint density at radius 1 is 1.18 bits per heavy atom. The average Bonchev–Trinajstić information content (AvgIpc) is 2.46. The summed E-state index contributed by atoms with van der Waals surface area (Å²) in [5, 5.41) is 8.81. The number of nitrogens with two attached hydrogens (primary N) is 1. The van der Waals surface area contributed by atoms with Gasteiger partial charge in [-0.1, -0.05) is 26.0 Å². The number of phenols is 1. The van der Waals surface area contributed by atoms with Gasteiger partial charge < -0.3 is 15.6 Å². The maximum absolute atomic E-state index is 11.4. The number of carbonyl (C=O) groups excluding carboxylic acids is 1. The van der Waals surface area contributed by atoms with Gasteiger partial charge in [-0.2, -0.15) is 0 Å². The highest BCUT2D eigenvalue weighted by Gasteiger charge is 2.06. The maximum atomic E-state index is 11.4. The summed E-state index contributed by atoms with van der Waals surface area (Å²) in [6, 6.07) is 13.9. The summed E-state index contributed by atoms with van der Waals surface area (Å²) in [5.41, 5.74) is 7.77. The Balaban J connectivity index is 0.000000255. The number of phenolic OH excluding ortho intramolecular Hbond substituents is 1. The van der Waals surface area contributed by atoms with Gasteiger partial charge >= 0.3 is 5.97 Å². The molecule has 0 saturated carbocycles. The van der Waals surface area contributed by atoms with E-state index in [1.54, 1.807) is 36.4 Å². The van der Waals surface area contributed by atoms with E-state index in [1.165, 1.54) is 0 Å². The van der Waals surface area contributed by atoms with Crippen LogP contribution < -0.4 is 5.73 Å². The number of benzene rings is 2. The van der Waals surface area contributed by atoms with Crippen molar-refractivity contribution in [3.63, 3.8) is 0 Å². The summed E-state index contributed by atoms with van der Waals surface area (Å²) in [4.78, 5) is 11.4. The normalized spacial score (nSPS) is 9.82. The predicted molar refractivity (Wildman–Crippen MR) is 88.8 cm³/mol. The first-order valence-corrected chi connectivity index (χ1v) is 7.16. The van der Waals surface area contributed by atoms with Crippen LogP contribution in [0.3, 0.4) is 0 Å². The standard InChI is InChI=1S/C11H15NO2.C7H8O/c1-8(2)7-14-11(13)9-3-5-10(12)6-4-9;1-6-3-2-4-7(8)5-6/h3-6,8H,7,12H2,1-2H3;2-5,8H,1H3. The molecule has 0 aromatic heterocycles. The number of nitrogen functional groups attached to an aromatic ring is 1. The molecule has 3 N–H and O–H groups in total. The summed E-state index contributed by atoms with van der Waals surface area (Å²) < 4.78 is 5.05. The van der Waals surface area contributed by atoms with Gasteiger partial charge in [0, 0.05) is 5.69 Å². The lowest BCUT2D eigenvalue weighted by atomic mass is 10.2. The van der Waals surface area contributed by atoms with Gasteiger partial charge in [0.2, 0.25) is 0 Å². The van der Waals surface area contributed by atoms with Crippen molar-refractivity contribution in [2.45, 2.75) is 20.8 Å². The van der Waals surface area contributed by atoms with Crippen LogP contribution in [0.2, 0.25) is 0 Å². The van der Waals surface area contributed by atoms with E-state index >= 15 is 0 Å². The van der Waals surface area contributed by atoms with Gasteiger partial charge in [0.1, 0.15) is 5.75 Å². The topological polar surface area (TPSA) is 72.5 Å². The fourth-order valence-electron chi connectivity index (χ4n) is 1.57. The Morgan fingerprint density at radius 3 is 2.27 bits per heavy atom. The van der Waals surface area contributed by atoms with Crippen molar-refractivity contribution >= 4 is 11.7 Å². The Bertz CT molecular complexity index is 574. The van der Waals surface area contributed by atoms with Crippen LogP contribution in [0.1, 0.15) is 29.8 Å². The molecule has 0 aliphatic rings. The minimum Gasteiger partial charge on any atom is -0.508 e. The smallest absolute Gasteiger partial charge is 0.338 e. The lowest BCUT2D eigenvalue weighted by molar-refractivity contribution is 0.0459. The van der Waals surface area contributed by atoms with E-state index in [2.05, 4.69) is 0 Å². The molecule has 0 aliphatic heterocycles. The minimum absolute atomic E-state index is 0.293. The monoisotopic (exact) mass is 301 g/mol. The van der Waals surface area contributed by atoms with E-state index in [0.29, 0.717) is 29.5 Å². The van der Waals surface area contributed by atoms with Crippen LogP contribution in [0.5, 0.6) is 5.75 Å². The fourth-order valence-corrected chi connectivity index (χ4v) is 1.57. The van der Waals surface area contributed by atoms with E-state index in [0.717, 1.165) is 5.56 Å². The number of hydrogen-bond acceptors (Lipinski definition) is 4. The SMILES string of the molecule is CC(C)COC(=O)c1ccc(N)cc1.Cc1cccc(O)c1. The van der Waals surface area contributed by atoms with Crippen LogP contribution in [0.15, 0.2) is 48.5 Å². The molecule has 2 aromatic carbocycles. The molecule has 0 atom stereocenters. The molecule has 0 radical (unpaired) electrons. The Labute approximate surface area is 131 Å². The second-order valence-corrected chi connectivity index (χ2v) is 5.45. The van der Waals surface area contributed by atoms with Crippen molar-refractivity contribution in [3.8, 4) is 5.75 Å². The molecule has 4 heteroatoms. The van der Waals surface area contributed by atoms with Gasteiger partial charge in [0.05, 0.1) is 12.2 Å². The number of aromatic hydroxyl groups is 1. The second kappa shape index (κ2) is 8.72. The third-order valence-corrected chi connectivity index (χ3v) is 2.70. The van der Waals surface area contributed by atoms with Gasteiger partial charge in [0.15, 0.2) is 0 Å². The van der Waals surface area contributed by atoms with E-state index < -0.39 is 0 Å². The molecule has 118 valence electrons. The van der Waals surface area contributed by atoms with Crippen LogP contribution in [0.25, 0.3) is 0 Å². The van der Waals surface area contributed by atoms with Crippen molar-refractivity contribution in [2.24, 2.45) is 5.92 Å². The molecule has 0 heterocycles. The van der Waals surface area contributed by atoms with Crippen molar-refractivity contribution < 1.29 is 14.6 Å². The highest BCUT2D eigenvalue weighted by molar-refractivity contribution is 5.89. The number of anilines is 1. The number of carbonyl (C=O) groups is 1. The quantitative estimate of drug-likeness (QED) is 0.668. The molecule has 2 rings (SSSR count). The van der Waals surface area contributed by atoms with Crippen LogP contribution in [0.4, 0.5) is 5.69 Å². The van der Waals surface area contributed by atoms with E-state index in [9.17, 15) is 4.79 Å². The second-order valence-electron chi connectivity index (χ2n) is 5.45. The van der Waals surface area contributed by atoms with Crippen LogP contribution >= 0.6 is 0 Å². The summed E-state index contributed by atoms with van der Waals surface area (Å²) in [6.07, 6.45) is 0. The molecular weight excluding hydrogens is 278 g/mol. The molecule has 0 unspecified atom stereocenters. The summed E-state index contributed by atoms with van der Waals surface area (Å²) in [6.45, 7) is 6.38. The van der Waals surface area contributed by atoms with Crippen LogP contribution in [-0.2, 0) is 4.74 Å². The van der Waals surface area contributed by atoms with Crippen LogP contribution in [-0.4, -0.2) is 17.7 Å². The Morgan fingerprint density at radius 2 is 1.82 bits per heavy atom. The minimum atomic E-state index is -0.293. The molecule has 4 nitrogen and oxygen atoms in total. The first kappa shape index (κ1) is 17.6. The van der Waals surface area contributed by atoms with E-state index in [4.69, 9.17) is 15.6 Å². The molecule has 0 spiro atoms. The first-order valence-electron chi connectivity index (χ1n) is 7.16. The zero-order valence-corrected chi connectivity index (χ0v) is 13.2. The number of ether oxygens (including phenoxy) is 1. The van der Waals surface area contributed by atoms with Gasteiger partial charge in [0.25, 0.3) is 0 Å². The van der Waals surface area contributed by atoms with E-state index in [-0.39, 0.29) is 5.97 Å². The lowest BCUT2D eigenvalue weighted by Crippen LogP contribution is -2.10. The molecule has 0 fully saturated rings. The molecule has 0 saturated heterocycles.